The van der Waals surface area contributed by atoms with Crippen molar-refractivity contribution in [3.05, 3.63) is 46.6 Å². The minimum Gasteiger partial charge on any atom is -0.383 e. The SMILES string of the molecule is CN(C)C=C(Cc1ccc(Cl)cc1)C(=O)C1CCCN1. The molecule has 1 fully saturated rings. The first kappa shape index (κ1) is 15.1. The van der Waals surface area contributed by atoms with E-state index in [9.17, 15) is 4.79 Å². The molecule has 1 saturated heterocycles. The van der Waals surface area contributed by atoms with Crippen LogP contribution in [0.3, 0.4) is 0 Å². The molecule has 1 N–H and O–H groups in total. The highest BCUT2D eigenvalue weighted by Crippen LogP contribution is 2.17. The Labute approximate surface area is 125 Å². The third-order valence-electron chi connectivity index (χ3n) is 3.42. The van der Waals surface area contributed by atoms with Crippen molar-refractivity contribution in [2.24, 2.45) is 0 Å². The Morgan fingerprint density at radius 2 is 2.10 bits per heavy atom. The number of hydrogen-bond acceptors (Lipinski definition) is 3. The van der Waals surface area contributed by atoms with Crippen LogP contribution in [-0.4, -0.2) is 37.4 Å². The number of nitrogens with zero attached hydrogens (tertiary/aromatic N) is 1. The van der Waals surface area contributed by atoms with Crippen LogP contribution in [0, 0.1) is 0 Å². The van der Waals surface area contributed by atoms with Gasteiger partial charge in [-0.15, -0.1) is 0 Å². The van der Waals surface area contributed by atoms with Crippen molar-refractivity contribution in [3.8, 4) is 0 Å². The number of Topliss-reactive ketones (excluding diaryl/α,β-unsaturated/α-hetero) is 1. The molecule has 2 rings (SSSR count). The van der Waals surface area contributed by atoms with Gasteiger partial charge in [-0.05, 0) is 37.1 Å². The normalized spacial score (nSPS) is 19.1. The molecular weight excluding hydrogens is 272 g/mol. The van der Waals surface area contributed by atoms with Crippen molar-refractivity contribution in [2.45, 2.75) is 25.3 Å². The van der Waals surface area contributed by atoms with Gasteiger partial charge in [0.15, 0.2) is 5.78 Å². The summed E-state index contributed by atoms with van der Waals surface area (Å²) in [5.74, 6) is 0.214. The van der Waals surface area contributed by atoms with E-state index in [-0.39, 0.29) is 11.8 Å². The minimum atomic E-state index is -0.0199. The zero-order chi connectivity index (χ0) is 14.5. The van der Waals surface area contributed by atoms with Gasteiger partial charge in [0.05, 0.1) is 6.04 Å². The van der Waals surface area contributed by atoms with Gasteiger partial charge in [-0.1, -0.05) is 23.7 Å². The summed E-state index contributed by atoms with van der Waals surface area (Å²) in [7, 11) is 3.88. The third kappa shape index (κ3) is 4.09. The molecule has 0 radical (unpaired) electrons. The van der Waals surface area contributed by atoms with Gasteiger partial charge in [-0.2, -0.15) is 0 Å². The number of halogens is 1. The van der Waals surface area contributed by atoms with E-state index in [1.807, 2.05) is 49.5 Å². The molecule has 1 heterocycles. The number of benzene rings is 1. The van der Waals surface area contributed by atoms with E-state index in [1.54, 1.807) is 0 Å². The first-order valence-electron chi connectivity index (χ1n) is 6.95. The fourth-order valence-corrected chi connectivity index (χ4v) is 2.59. The maximum absolute atomic E-state index is 12.6. The van der Waals surface area contributed by atoms with E-state index in [0.717, 1.165) is 35.5 Å². The average Bonchev–Trinajstić information content (AvgIpc) is 2.93. The predicted molar refractivity (Wildman–Crippen MR) is 83.0 cm³/mol. The Morgan fingerprint density at radius 3 is 2.65 bits per heavy atom. The lowest BCUT2D eigenvalue weighted by atomic mass is 9.97. The number of rotatable bonds is 5. The van der Waals surface area contributed by atoms with E-state index < -0.39 is 0 Å². The molecule has 4 heteroatoms. The fraction of sp³-hybridized carbons (Fsp3) is 0.438. The van der Waals surface area contributed by atoms with Crippen LogP contribution in [0.1, 0.15) is 18.4 Å². The molecule has 0 amide bonds. The second kappa shape index (κ2) is 6.91. The van der Waals surface area contributed by atoms with Crippen LogP contribution in [0.4, 0.5) is 0 Å². The minimum absolute atomic E-state index is 0.0199. The van der Waals surface area contributed by atoms with Gasteiger partial charge in [0, 0.05) is 37.3 Å². The van der Waals surface area contributed by atoms with Crippen LogP contribution in [0.2, 0.25) is 5.02 Å². The summed E-state index contributed by atoms with van der Waals surface area (Å²) in [6.45, 7) is 0.937. The molecule has 3 nitrogen and oxygen atoms in total. The number of carbonyl (C=O) groups excluding carboxylic acids is 1. The summed E-state index contributed by atoms with van der Waals surface area (Å²) >= 11 is 5.90. The molecule has 108 valence electrons. The average molecular weight is 293 g/mol. The van der Waals surface area contributed by atoms with Crippen molar-refractivity contribution in [2.75, 3.05) is 20.6 Å². The quantitative estimate of drug-likeness (QED) is 0.847. The molecule has 0 saturated carbocycles. The van der Waals surface area contributed by atoms with Crippen molar-refractivity contribution >= 4 is 17.4 Å². The van der Waals surface area contributed by atoms with Crippen molar-refractivity contribution in [1.29, 1.82) is 0 Å². The van der Waals surface area contributed by atoms with E-state index in [1.165, 1.54) is 0 Å². The maximum Gasteiger partial charge on any atom is 0.177 e. The standard InChI is InChI=1S/C16H21ClN2O/c1-19(2)11-13(16(20)15-4-3-9-18-15)10-12-5-7-14(17)8-6-12/h5-8,11,15,18H,3-4,9-10H2,1-2H3. The zero-order valence-corrected chi connectivity index (χ0v) is 12.8. The molecule has 1 aliphatic rings. The van der Waals surface area contributed by atoms with Crippen LogP contribution < -0.4 is 5.32 Å². The molecular formula is C16H21ClN2O. The van der Waals surface area contributed by atoms with Gasteiger partial charge in [-0.25, -0.2) is 0 Å². The summed E-state index contributed by atoms with van der Waals surface area (Å²) in [5, 5.41) is 3.99. The zero-order valence-electron chi connectivity index (χ0n) is 12.0. The van der Waals surface area contributed by atoms with Gasteiger partial charge in [0.2, 0.25) is 0 Å². The number of ketones is 1. The molecule has 0 spiro atoms. The van der Waals surface area contributed by atoms with Gasteiger partial charge < -0.3 is 10.2 Å². The highest BCUT2D eigenvalue weighted by molar-refractivity contribution is 6.30. The second-order valence-electron chi connectivity index (χ2n) is 5.43. The Hall–Kier alpha value is -1.32. The number of carbonyl (C=O) groups is 1. The second-order valence-corrected chi connectivity index (χ2v) is 5.87. The van der Waals surface area contributed by atoms with Crippen LogP contribution in [0.5, 0.6) is 0 Å². The van der Waals surface area contributed by atoms with Crippen LogP contribution in [-0.2, 0) is 11.2 Å². The molecule has 0 aliphatic carbocycles. The van der Waals surface area contributed by atoms with Crippen molar-refractivity contribution in [1.82, 2.24) is 10.2 Å². The highest BCUT2D eigenvalue weighted by Gasteiger charge is 2.25. The Kier molecular flexibility index (Phi) is 5.21. The van der Waals surface area contributed by atoms with E-state index >= 15 is 0 Å². The smallest absolute Gasteiger partial charge is 0.177 e. The molecule has 1 aliphatic heterocycles. The predicted octanol–water partition coefficient (Wildman–Crippen LogP) is 2.65. The summed E-state index contributed by atoms with van der Waals surface area (Å²) < 4.78 is 0. The van der Waals surface area contributed by atoms with Crippen LogP contribution in [0.25, 0.3) is 0 Å². The molecule has 1 aromatic carbocycles. The molecule has 1 unspecified atom stereocenters. The van der Waals surface area contributed by atoms with E-state index in [0.29, 0.717) is 6.42 Å². The molecule has 20 heavy (non-hydrogen) atoms. The third-order valence-corrected chi connectivity index (χ3v) is 3.67. The largest absolute Gasteiger partial charge is 0.383 e. The molecule has 1 atom stereocenters. The van der Waals surface area contributed by atoms with Crippen molar-refractivity contribution < 1.29 is 4.79 Å². The number of nitrogens with one attached hydrogen (secondary N) is 1. The van der Waals surface area contributed by atoms with Gasteiger partial charge in [-0.3, -0.25) is 4.79 Å². The lowest BCUT2D eigenvalue weighted by molar-refractivity contribution is -0.117. The van der Waals surface area contributed by atoms with Gasteiger partial charge in [0.25, 0.3) is 0 Å². The molecule has 1 aromatic rings. The lowest BCUT2D eigenvalue weighted by Gasteiger charge is -2.15. The molecule has 0 aromatic heterocycles. The van der Waals surface area contributed by atoms with E-state index in [2.05, 4.69) is 5.32 Å². The Bertz CT molecular complexity index is 488. The Balaban J connectivity index is 2.15. The molecule has 0 bridgehead atoms. The monoisotopic (exact) mass is 292 g/mol. The van der Waals surface area contributed by atoms with E-state index in [4.69, 9.17) is 11.6 Å². The highest BCUT2D eigenvalue weighted by atomic mass is 35.5. The summed E-state index contributed by atoms with van der Waals surface area (Å²) in [4.78, 5) is 14.5. The van der Waals surface area contributed by atoms with Crippen molar-refractivity contribution in [3.63, 3.8) is 0 Å². The summed E-state index contributed by atoms with van der Waals surface area (Å²) in [6.07, 6.45) is 4.58. The van der Waals surface area contributed by atoms with Gasteiger partial charge >= 0.3 is 0 Å². The summed E-state index contributed by atoms with van der Waals surface area (Å²) in [6, 6.07) is 7.65. The fourth-order valence-electron chi connectivity index (χ4n) is 2.46. The maximum atomic E-state index is 12.6. The number of hydrogen-bond donors (Lipinski definition) is 1. The topological polar surface area (TPSA) is 32.3 Å². The lowest BCUT2D eigenvalue weighted by Crippen LogP contribution is -2.33. The summed E-state index contributed by atoms with van der Waals surface area (Å²) in [5.41, 5.74) is 1.95. The first-order valence-corrected chi connectivity index (χ1v) is 7.33. The Morgan fingerprint density at radius 1 is 1.40 bits per heavy atom. The van der Waals surface area contributed by atoms with Crippen LogP contribution in [0.15, 0.2) is 36.0 Å². The first-order chi connectivity index (χ1) is 9.56. The van der Waals surface area contributed by atoms with Gasteiger partial charge in [0.1, 0.15) is 0 Å². The van der Waals surface area contributed by atoms with Crippen LogP contribution >= 0.6 is 11.6 Å².